The van der Waals surface area contributed by atoms with Gasteiger partial charge < -0.3 is 14.2 Å². The van der Waals surface area contributed by atoms with Gasteiger partial charge in [0.15, 0.2) is 6.10 Å². The molecule has 0 spiro atoms. The summed E-state index contributed by atoms with van der Waals surface area (Å²) in [4.78, 5) is 38.0. The Balaban J connectivity index is 4.52. The fourth-order valence-electron chi connectivity index (χ4n) is 7.02. The van der Waals surface area contributed by atoms with Gasteiger partial charge in [-0.2, -0.15) is 0 Å². The first kappa shape index (κ1) is 62.1. The van der Waals surface area contributed by atoms with Crippen LogP contribution in [0.1, 0.15) is 233 Å². The van der Waals surface area contributed by atoms with Gasteiger partial charge in [-0.05, 0) is 116 Å². The lowest BCUT2D eigenvalue weighted by molar-refractivity contribution is -0.167. The smallest absolute Gasteiger partial charge is 0.306 e. The van der Waals surface area contributed by atoms with Gasteiger partial charge in [0.25, 0.3) is 0 Å². The molecule has 0 aliphatic heterocycles. The Labute approximate surface area is 406 Å². The first-order valence-corrected chi connectivity index (χ1v) is 26.9. The molecule has 0 N–H and O–H groups in total. The first-order valence-electron chi connectivity index (χ1n) is 26.9. The van der Waals surface area contributed by atoms with Crippen molar-refractivity contribution in [2.75, 3.05) is 13.2 Å². The minimum Gasteiger partial charge on any atom is -0.462 e. The van der Waals surface area contributed by atoms with E-state index in [0.29, 0.717) is 19.3 Å². The Kier molecular flexibility index (Phi) is 50.5. The number of esters is 3. The van der Waals surface area contributed by atoms with Crippen LogP contribution in [-0.4, -0.2) is 37.2 Å². The van der Waals surface area contributed by atoms with Crippen LogP contribution >= 0.6 is 0 Å². The molecule has 6 nitrogen and oxygen atoms in total. The normalized spacial score (nSPS) is 13.0. The van der Waals surface area contributed by atoms with Crippen LogP contribution in [0.2, 0.25) is 0 Å². The van der Waals surface area contributed by atoms with Crippen LogP contribution in [0.4, 0.5) is 0 Å². The highest BCUT2D eigenvalue weighted by Gasteiger charge is 2.19. The van der Waals surface area contributed by atoms with Gasteiger partial charge >= 0.3 is 17.9 Å². The summed E-state index contributed by atoms with van der Waals surface area (Å²) in [6.07, 6.45) is 72.2. The van der Waals surface area contributed by atoms with Crippen molar-refractivity contribution >= 4 is 17.9 Å². The molecular formula is C60H98O6. The lowest BCUT2D eigenvalue weighted by atomic mass is 10.1. The Morgan fingerprint density at radius 1 is 0.318 bits per heavy atom. The fourth-order valence-corrected chi connectivity index (χ4v) is 7.02. The second-order valence-corrected chi connectivity index (χ2v) is 17.4. The van der Waals surface area contributed by atoms with Crippen LogP contribution < -0.4 is 0 Å². The molecule has 0 amide bonds. The highest BCUT2D eigenvalue weighted by atomic mass is 16.6. The Morgan fingerprint density at radius 2 is 0.606 bits per heavy atom. The Hall–Kier alpha value is -3.93. The lowest BCUT2D eigenvalue weighted by Crippen LogP contribution is -2.30. The zero-order valence-corrected chi connectivity index (χ0v) is 42.7. The minimum atomic E-state index is -0.814. The summed E-state index contributed by atoms with van der Waals surface area (Å²) >= 11 is 0. The van der Waals surface area contributed by atoms with Crippen molar-refractivity contribution in [1.82, 2.24) is 0 Å². The molecule has 1 atom stereocenters. The van der Waals surface area contributed by atoms with Crippen molar-refractivity contribution in [3.8, 4) is 0 Å². The summed E-state index contributed by atoms with van der Waals surface area (Å²) in [5.74, 6) is -0.999. The van der Waals surface area contributed by atoms with E-state index < -0.39 is 6.10 Å². The number of allylic oxidation sites excluding steroid dienone is 18. The molecule has 0 saturated heterocycles. The maximum atomic E-state index is 12.8. The molecule has 0 fully saturated rings. The van der Waals surface area contributed by atoms with E-state index in [1.165, 1.54) is 77.0 Å². The highest BCUT2D eigenvalue weighted by molar-refractivity contribution is 5.71. The molecule has 0 aromatic rings. The van der Waals surface area contributed by atoms with E-state index in [-0.39, 0.29) is 37.5 Å². The van der Waals surface area contributed by atoms with E-state index in [9.17, 15) is 14.4 Å². The molecule has 0 aliphatic rings. The van der Waals surface area contributed by atoms with Crippen LogP contribution in [0, 0.1) is 0 Å². The summed E-state index contributed by atoms with van der Waals surface area (Å²) in [7, 11) is 0. The Morgan fingerprint density at radius 3 is 1.00 bits per heavy atom. The number of hydrogen-bond acceptors (Lipinski definition) is 6. The number of rotatable bonds is 47. The van der Waals surface area contributed by atoms with E-state index in [2.05, 4.69) is 130 Å². The van der Waals surface area contributed by atoms with Gasteiger partial charge in [0.05, 0.1) is 0 Å². The van der Waals surface area contributed by atoms with Gasteiger partial charge in [-0.15, -0.1) is 0 Å². The van der Waals surface area contributed by atoms with E-state index in [0.717, 1.165) is 109 Å². The van der Waals surface area contributed by atoms with E-state index in [4.69, 9.17) is 14.2 Å². The van der Waals surface area contributed by atoms with Gasteiger partial charge in [-0.1, -0.05) is 207 Å². The molecule has 0 aliphatic carbocycles. The zero-order chi connectivity index (χ0) is 47.9. The van der Waals surface area contributed by atoms with E-state index in [1.54, 1.807) is 0 Å². The SMILES string of the molecule is CC/C=C\C/C=C\C/C=C\C/C=C\C/C=C\CCCC(=O)OCC(COC(=O)CCCCCC/C=C\C/C=C\C/C=C\CC)OC(=O)CCCCCCCCC/C=C\CCCCCCCC. The second-order valence-electron chi connectivity index (χ2n) is 17.4. The molecule has 0 rings (SSSR count). The summed E-state index contributed by atoms with van der Waals surface area (Å²) < 4.78 is 16.8. The van der Waals surface area contributed by atoms with E-state index in [1.807, 2.05) is 0 Å². The average Bonchev–Trinajstić information content (AvgIpc) is 3.31. The van der Waals surface area contributed by atoms with Crippen LogP contribution in [0.15, 0.2) is 109 Å². The van der Waals surface area contributed by atoms with Crippen LogP contribution in [0.25, 0.3) is 0 Å². The number of hydrogen-bond donors (Lipinski definition) is 0. The Bertz CT molecular complexity index is 1370. The predicted molar refractivity (Wildman–Crippen MR) is 283 cm³/mol. The monoisotopic (exact) mass is 915 g/mol. The molecular weight excluding hydrogens is 817 g/mol. The molecule has 6 heteroatoms. The third-order valence-electron chi connectivity index (χ3n) is 11.0. The van der Waals surface area contributed by atoms with Gasteiger partial charge in [-0.3, -0.25) is 14.4 Å². The van der Waals surface area contributed by atoms with Gasteiger partial charge in [0.2, 0.25) is 0 Å². The van der Waals surface area contributed by atoms with Crippen LogP contribution in [-0.2, 0) is 28.6 Å². The van der Waals surface area contributed by atoms with Gasteiger partial charge in [-0.25, -0.2) is 0 Å². The van der Waals surface area contributed by atoms with Crippen molar-refractivity contribution in [2.45, 2.75) is 239 Å². The number of carbonyl (C=O) groups is 3. The van der Waals surface area contributed by atoms with Gasteiger partial charge in [0.1, 0.15) is 13.2 Å². The zero-order valence-electron chi connectivity index (χ0n) is 42.7. The third kappa shape index (κ3) is 51.1. The van der Waals surface area contributed by atoms with E-state index >= 15 is 0 Å². The maximum absolute atomic E-state index is 12.8. The molecule has 0 aromatic carbocycles. The molecule has 0 aromatic heterocycles. The third-order valence-corrected chi connectivity index (χ3v) is 11.0. The van der Waals surface area contributed by atoms with Gasteiger partial charge in [0, 0.05) is 19.3 Å². The average molecular weight is 915 g/mol. The lowest BCUT2D eigenvalue weighted by Gasteiger charge is -2.18. The fraction of sp³-hybridized carbons (Fsp3) is 0.650. The van der Waals surface area contributed by atoms with Crippen LogP contribution in [0.3, 0.4) is 0 Å². The topological polar surface area (TPSA) is 78.9 Å². The van der Waals surface area contributed by atoms with Crippen molar-refractivity contribution in [3.63, 3.8) is 0 Å². The minimum absolute atomic E-state index is 0.111. The van der Waals surface area contributed by atoms with Crippen molar-refractivity contribution in [1.29, 1.82) is 0 Å². The summed E-state index contributed by atoms with van der Waals surface area (Å²) in [5, 5.41) is 0. The van der Waals surface area contributed by atoms with Crippen molar-refractivity contribution < 1.29 is 28.6 Å². The molecule has 0 bridgehead atoms. The quantitative estimate of drug-likeness (QED) is 0.0262. The highest BCUT2D eigenvalue weighted by Crippen LogP contribution is 2.13. The number of ether oxygens (including phenoxy) is 3. The summed E-state index contributed by atoms with van der Waals surface area (Å²) in [6, 6.07) is 0. The largest absolute Gasteiger partial charge is 0.462 e. The number of carbonyl (C=O) groups excluding carboxylic acids is 3. The summed E-state index contributed by atoms with van der Waals surface area (Å²) in [5.41, 5.74) is 0. The summed E-state index contributed by atoms with van der Waals surface area (Å²) in [6.45, 7) is 6.33. The van der Waals surface area contributed by atoms with Crippen molar-refractivity contribution in [2.24, 2.45) is 0 Å². The predicted octanol–water partition coefficient (Wildman–Crippen LogP) is 17.9. The molecule has 0 saturated carbocycles. The first-order chi connectivity index (χ1) is 32.5. The maximum Gasteiger partial charge on any atom is 0.306 e. The molecule has 0 radical (unpaired) electrons. The standard InChI is InChI=1S/C60H98O6/c1-4-7-10-13-16-19-22-25-28-30-32-35-38-41-44-47-50-53-59(62)65-56-57(55-64-58(61)52-49-46-43-40-37-34-27-24-21-18-15-12-9-6-3)66-60(63)54-51-48-45-42-39-36-33-31-29-26-23-20-17-14-11-8-5-2/h7,9-10,12,16,18-19,21,25-29,32,34-35,41,44,57H,4-6,8,11,13-15,17,20,22-24,30-31,33,36-40,42-43,45-56H2,1-3H3/b10-7-,12-9-,19-16-,21-18-,28-25-,29-26-,34-27-,35-32-,44-41-. The second kappa shape index (κ2) is 53.7. The molecule has 1 unspecified atom stereocenters. The molecule has 0 heterocycles. The van der Waals surface area contributed by atoms with Crippen LogP contribution in [0.5, 0.6) is 0 Å². The molecule has 374 valence electrons. The van der Waals surface area contributed by atoms with Crippen molar-refractivity contribution in [3.05, 3.63) is 109 Å². The molecule has 66 heavy (non-hydrogen) atoms. The number of unbranched alkanes of at least 4 members (excludes halogenated alkanes) is 18.